The molecule has 0 spiro atoms. The number of hydrogen-bond donors (Lipinski definition) is 0. The fourth-order valence-electron chi connectivity index (χ4n) is 1.75. The average molecular weight is 256 g/mol. The first-order valence-electron chi connectivity index (χ1n) is 6.73. The van der Waals surface area contributed by atoms with Crippen molar-refractivity contribution < 1.29 is 4.74 Å². The monoisotopic (exact) mass is 256 g/mol. The topological polar surface area (TPSA) is 35.0 Å². The van der Waals surface area contributed by atoms with Gasteiger partial charge in [0.25, 0.3) is 0 Å². The van der Waals surface area contributed by atoms with Gasteiger partial charge in [0, 0.05) is 12.5 Å². The van der Waals surface area contributed by atoms with E-state index in [-0.39, 0.29) is 0 Å². The van der Waals surface area contributed by atoms with Crippen LogP contribution in [0.2, 0.25) is 0 Å². The van der Waals surface area contributed by atoms with Gasteiger partial charge in [-0.05, 0) is 11.5 Å². The second-order valence-corrected chi connectivity index (χ2v) is 4.83. The van der Waals surface area contributed by atoms with Gasteiger partial charge in [0.15, 0.2) is 0 Å². The van der Waals surface area contributed by atoms with Crippen molar-refractivity contribution in [1.29, 1.82) is 0 Å². The molecule has 0 saturated carbocycles. The Hall–Kier alpha value is -1.90. The summed E-state index contributed by atoms with van der Waals surface area (Å²) < 4.78 is 5.77. The van der Waals surface area contributed by atoms with Crippen LogP contribution in [-0.4, -0.2) is 9.97 Å². The highest BCUT2D eigenvalue weighted by Crippen LogP contribution is 2.18. The molecule has 0 atom stereocenters. The maximum atomic E-state index is 5.77. The molecule has 0 amide bonds. The average Bonchev–Trinajstić information content (AvgIpc) is 2.45. The van der Waals surface area contributed by atoms with Crippen LogP contribution in [0.15, 0.2) is 36.4 Å². The molecule has 3 nitrogen and oxygen atoms in total. The number of hydrogen-bond acceptors (Lipinski definition) is 3. The molecule has 19 heavy (non-hydrogen) atoms. The lowest BCUT2D eigenvalue weighted by molar-refractivity contribution is 0.291. The minimum absolute atomic E-state index is 0.382. The Kier molecular flexibility index (Phi) is 4.50. The van der Waals surface area contributed by atoms with E-state index >= 15 is 0 Å². The van der Waals surface area contributed by atoms with Crippen LogP contribution in [0.25, 0.3) is 0 Å². The lowest BCUT2D eigenvalue weighted by Gasteiger charge is -2.10. The van der Waals surface area contributed by atoms with E-state index in [9.17, 15) is 0 Å². The van der Waals surface area contributed by atoms with Crippen LogP contribution in [0.4, 0.5) is 0 Å². The normalized spacial score (nSPS) is 10.7. The molecule has 0 fully saturated rings. The number of nitrogens with zero attached hydrogens (tertiary/aromatic N) is 2. The van der Waals surface area contributed by atoms with Crippen LogP contribution in [0.3, 0.4) is 0 Å². The molecular weight excluding hydrogens is 236 g/mol. The highest BCUT2D eigenvalue weighted by molar-refractivity contribution is 5.20. The van der Waals surface area contributed by atoms with Crippen LogP contribution < -0.4 is 4.74 Å². The van der Waals surface area contributed by atoms with E-state index in [0.29, 0.717) is 18.4 Å². The number of aryl methyl sites for hydroxylation is 1. The number of rotatable bonds is 5. The van der Waals surface area contributed by atoms with Gasteiger partial charge in [-0.15, -0.1) is 0 Å². The fraction of sp³-hybridized carbons (Fsp3) is 0.375. The van der Waals surface area contributed by atoms with Gasteiger partial charge in [-0.25, -0.2) is 4.98 Å². The highest BCUT2D eigenvalue weighted by atomic mass is 16.5. The van der Waals surface area contributed by atoms with Gasteiger partial charge in [-0.2, -0.15) is 4.98 Å². The summed E-state index contributed by atoms with van der Waals surface area (Å²) in [6, 6.07) is 12.1. The molecule has 0 aliphatic heterocycles. The third-order valence-electron chi connectivity index (χ3n) is 2.91. The van der Waals surface area contributed by atoms with Crippen molar-refractivity contribution in [2.75, 3.05) is 0 Å². The first kappa shape index (κ1) is 13.5. The maximum Gasteiger partial charge on any atom is 0.217 e. The summed E-state index contributed by atoms with van der Waals surface area (Å²) in [5, 5.41) is 0. The smallest absolute Gasteiger partial charge is 0.217 e. The first-order chi connectivity index (χ1) is 9.19. The Morgan fingerprint density at radius 1 is 1.11 bits per heavy atom. The van der Waals surface area contributed by atoms with Gasteiger partial charge in [0.2, 0.25) is 5.88 Å². The minimum atomic E-state index is 0.382. The standard InChI is InChI=1S/C16H20N2O/c1-4-15-17-14(12(2)3)10-16(18-15)19-11-13-8-6-5-7-9-13/h5-10,12H,4,11H2,1-3H3. The second kappa shape index (κ2) is 6.32. The van der Waals surface area contributed by atoms with Crippen LogP contribution in [0, 0.1) is 0 Å². The Bertz CT molecular complexity index is 524. The van der Waals surface area contributed by atoms with Crippen molar-refractivity contribution in [3.8, 4) is 5.88 Å². The zero-order valence-corrected chi connectivity index (χ0v) is 11.8. The fourth-order valence-corrected chi connectivity index (χ4v) is 1.75. The number of benzene rings is 1. The van der Waals surface area contributed by atoms with E-state index in [0.717, 1.165) is 23.5 Å². The molecule has 0 bridgehead atoms. The van der Waals surface area contributed by atoms with Crippen LogP contribution in [0.1, 0.15) is 43.8 Å². The maximum absolute atomic E-state index is 5.77. The lowest BCUT2D eigenvalue weighted by atomic mass is 10.1. The zero-order chi connectivity index (χ0) is 13.7. The number of aromatic nitrogens is 2. The third kappa shape index (κ3) is 3.78. The summed E-state index contributed by atoms with van der Waals surface area (Å²) in [7, 11) is 0. The Balaban J connectivity index is 2.13. The molecule has 0 radical (unpaired) electrons. The molecule has 2 rings (SSSR count). The first-order valence-corrected chi connectivity index (χ1v) is 6.73. The van der Waals surface area contributed by atoms with Crippen molar-refractivity contribution in [2.24, 2.45) is 0 Å². The quantitative estimate of drug-likeness (QED) is 0.817. The molecule has 0 aliphatic rings. The van der Waals surface area contributed by atoms with Gasteiger partial charge < -0.3 is 4.74 Å². The highest BCUT2D eigenvalue weighted by Gasteiger charge is 2.07. The molecule has 100 valence electrons. The van der Waals surface area contributed by atoms with E-state index in [1.54, 1.807) is 0 Å². The van der Waals surface area contributed by atoms with Crippen molar-refractivity contribution in [1.82, 2.24) is 9.97 Å². The summed E-state index contributed by atoms with van der Waals surface area (Å²) in [6.07, 6.45) is 0.822. The van der Waals surface area contributed by atoms with E-state index in [1.165, 1.54) is 0 Å². The van der Waals surface area contributed by atoms with Gasteiger partial charge in [0.1, 0.15) is 12.4 Å². The van der Waals surface area contributed by atoms with Gasteiger partial charge >= 0.3 is 0 Å². The Morgan fingerprint density at radius 2 is 1.84 bits per heavy atom. The van der Waals surface area contributed by atoms with Crippen LogP contribution in [0.5, 0.6) is 5.88 Å². The van der Waals surface area contributed by atoms with Crippen LogP contribution in [-0.2, 0) is 13.0 Å². The van der Waals surface area contributed by atoms with Crippen molar-refractivity contribution in [3.63, 3.8) is 0 Å². The second-order valence-electron chi connectivity index (χ2n) is 4.83. The largest absolute Gasteiger partial charge is 0.473 e. The molecule has 3 heteroatoms. The predicted octanol–water partition coefficient (Wildman–Crippen LogP) is 3.74. The molecular formula is C16H20N2O. The Morgan fingerprint density at radius 3 is 2.47 bits per heavy atom. The lowest BCUT2D eigenvalue weighted by Crippen LogP contribution is -2.04. The van der Waals surface area contributed by atoms with E-state index in [4.69, 9.17) is 4.74 Å². The summed E-state index contributed by atoms with van der Waals surface area (Å²) in [6.45, 7) is 6.85. The van der Waals surface area contributed by atoms with Crippen molar-refractivity contribution in [3.05, 3.63) is 53.5 Å². The van der Waals surface area contributed by atoms with E-state index < -0.39 is 0 Å². The number of ether oxygens (including phenoxy) is 1. The summed E-state index contributed by atoms with van der Waals surface area (Å²) in [5.41, 5.74) is 2.18. The third-order valence-corrected chi connectivity index (χ3v) is 2.91. The predicted molar refractivity (Wildman–Crippen MR) is 76.3 cm³/mol. The molecule has 0 unspecified atom stereocenters. The van der Waals surface area contributed by atoms with Gasteiger partial charge in [-0.3, -0.25) is 0 Å². The van der Waals surface area contributed by atoms with E-state index in [2.05, 4.69) is 30.7 Å². The molecule has 0 aliphatic carbocycles. The molecule has 1 heterocycles. The summed E-state index contributed by atoms with van der Waals surface area (Å²) in [5.74, 6) is 1.89. The Labute approximate surface area is 114 Å². The van der Waals surface area contributed by atoms with E-state index in [1.807, 2.05) is 36.4 Å². The van der Waals surface area contributed by atoms with Crippen molar-refractivity contribution >= 4 is 0 Å². The molecule has 0 N–H and O–H groups in total. The zero-order valence-electron chi connectivity index (χ0n) is 11.8. The molecule has 2 aromatic rings. The SMILES string of the molecule is CCc1nc(OCc2ccccc2)cc(C(C)C)n1. The molecule has 1 aromatic carbocycles. The summed E-state index contributed by atoms with van der Waals surface area (Å²) >= 11 is 0. The summed E-state index contributed by atoms with van der Waals surface area (Å²) in [4.78, 5) is 8.93. The minimum Gasteiger partial charge on any atom is -0.473 e. The molecule has 0 saturated heterocycles. The molecule has 1 aromatic heterocycles. The van der Waals surface area contributed by atoms with Crippen molar-refractivity contribution in [2.45, 2.75) is 39.7 Å². The van der Waals surface area contributed by atoms with Gasteiger partial charge in [0.05, 0.1) is 5.69 Å². The van der Waals surface area contributed by atoms with Crippen LogP contribution >= 0.6 is 0 Å². The van der Waals surface area contributed by atoms with Gasteiger partial charge in [-0.1, -0.05) is 51.1 Å².